The van der Waals surface area contributed by atoms with Crippen molar-refractivity contribution in [2.75, 3.05) is 52.6 Å². The van der Waals surface area contributed by atoms with Crippen LogP contribution in [-0.2, 0) is 72.7 Å². The molecule has 0 rings (SSSR count). The van der Waals surface area contributed by atoms with E-state index >= 15 is 0 Å². The first kappa shape index (κ1) is 113. The molecule has 2 unspecified atom stereocenters. The Labute approximate surface area is 722 Å². The standard InChI is InChI=1S/C83H162N6O16P2S.2Na.2H/c1-7-13-19-25-29-33-35-39-41-47-53-59-77(90)88-73(69-86-79(92)67-75(57-51-45-23-17-11-5)104-81(94)61-55-49-43-37-31-27-21-15-9-3)71-102-106(97,98)100-65-63-84-83(96)85-64-66-101-107(99,108)103-72-74(89-78(91)60-54-48-42-40-36-34-30-26-20-14-8-2)70-87-80(93)68-76(58-52-46-24-18-12-6)105-82(95)62-56-50-44-38-32-28-22-16-10-4;;;;/h73-76H,7-72H2,1-6H3,(H,86,92)(H,87,93)(H,88,90)(H,89,91)(H,97,98)(H,99,108)(H2,84,85,96);;;;/q;2*+1;2*-1/t73-,74-,75-,76-,107?;;;;/m1..../s1. The minimum atomic E-state index is -4.77. The van der Waals surface area contributed by atoms with Gasteiger partial charge in [-0.25, -0.2) is 9.36 Å². The molecule has 0 fully saturated rings. The average Bonchev–Trinajstić information content (AvgIpc) is 0.911. The van der Waals surface area contributed by atoms with Crippen LogP contribution in [0.4, 0.5) is 4.79 Å². The van der Waals surface area contributed by atoms with Crippen LogP contribution >= 0.6 is 14.5 Å². The number of rotatable bonds is 82. The van der Waals surface area contributed by atoms with Gasteiger partial charge in [-0.1, -0.05) is 324 Å². The Kier molecular flexibility index (Phi) is 85.0. The van der Waals surface area contributed by atoms with Crippen LogP contribution in [-0.4, -0.2) is 128 Å². The van der Waals surface area contributed by atoms with Crippen LogP contribution in [0.25, 0.3) is 0 Å². The van der Waals surface area contributed by atoms with E-state index in [0.29, 0.717) is 38.5 Å². The van der Waals surface area contributed by atoms with Crippen LogP contribution in [0.3, 0.4) is 0 Å². The minimum absolute atomic E-state index is 0. The number of nitrogens with one attached hydrogen (secondary N) is 6. The van der Waals surface area contributed by atoms with Crippen LogP contribution < -0.4 is 91.0 Å². The van der Waals surface area contributed by atoms with Crippen LogP contribution in [0.1, 0.15) is 417 Å². The number of carbonyl (C=O) groups is 7. The number of urea groups is 1. The summed E-state index contributed by atoms with van der Waals surface area (Å²) in [5.41, 5.74) is 0. The van der Waals surface area contributed by atoms with Gasteiger partial charge in [0.25, 0.3) is 0 Å². The maximum atomic E-state index is 13.6. The van der Waals surface area contributed by atoms with Gasteiger partial charge in [0.05, 0.1) is 51.4 Å². The number of phosphoric acid groups is 1. The van der Waals surface area contributed by atoms with Gasteiger partial charge in [-0.15, -0.1) is 0 Å². The van der Waals surface area contributed by atoms with Crippen LogP contribution in [0.15, 0.2) is 0 Å². The van der Waals surface area contributed by atoms with Gasteiger partial charge in [0.2, 0.25) is 23.6 Å². The Morgan fingerprint density at radius 3 is 0.909 bits per heavy atom. The Morgan fingerprint density at radius 1 is 0.336 bits per heavy atom. The van der Waals surface area contributed by atoms with E-state index in [0.717, 1.165) is 154 Å². The number of hydrogen-bond acceptors (Lipinski definition) is 15. The first-order valence-electron chi connectivity index (χ1n) is 44.1. The number of phosphoric ester groups is 1. The third-order valence-electron chi connectivity index (χ3n) is 19.6. The molecule has 0 aromatic rings. The Hall–Kier alpha value is -1.27. The predicted octanol–water partition coefficient (Wildman–Crippen LogP) is 14.7. The quantitative estimate of drug-likeness (QED) is 0.0121. The van der Waals surface area contributed by atoms with E-state index in [1.165, 1.54) is 154 Å². The van der Waals surface area contributed by atoms with Gasteiger partial charge in [0, 0.05) is 51.9 Å². The van der Waals surface area contributed by atoms with E-state index in [2.05, 4.69) is 73.4 Å². The molecule has 0 aliphatic carbocycles. The van der Waals surface area contributed by atoms with E-state index in [9.17, 15) is 47.9 Å². The summed E-state index contributed by atoms with van der Waals surface area (Å²) in [4.78, 5) is 115. The van der Waals surface area contributed by atoms with Gasteiger partial charge < -0.3 is 63.1 Å². The molecule has 0 aliphatic rings. The summed E-state index contributed by atoms with van der Waals surface area (Å²) < 4.78 is 46.8. The van der Waals surface area contributed by atoms with Crippen molar-refractivity contribution in [2.45, 2.75) is 438 Å². The number of carbonyl (C=O) groups excluding carboxylic acids is 7. The van der Waals surface area contributed by atoms with Crippen LogP contribution in [0.2, 0.25) is 0 Å². The zero-order valence-electron chi connectivity index (χ0n) is 73.4. The monoisotopic (exact) mass is 1640 g/mol. The molecule has 0 heterocycles. The molecule has 110 heavy (non-hydrogen) atoms. The molecule has 0 radical (unpaired) electrons. The molecule has 0 saturated carbocycles. The second kappa shape index (κ2) is 82.8. The summed E-state index contributed by atoms with van der Waals surface area (Å²) >= 11 is 5.32. The summed E-state index contributed by atoms with van der Waals surface area (Å²) in [6, 6.07) is -2.43. The summed E-state index contributed by atoms with van der Waals surface area (Å²) in [6.45, 7) is 7.11. The molecule has 6 amide bonds. The maximum Gasteiger partial charge on any atom is 1.00 e. The van der Waals surface area contributed by atoms with Gasteiger partial charge >= 0.3 is 91.6 Å². The zero-order chi connectivity index (χ0) is 79.5. The van der Waals surface area contributed by atoms with Crippen LogP contribution in [0.5, 0.6) is 0 Å². The third kappa shape index (κ3) is 79.2. The topological polar surface area (TPSA) is 305 Å². The number of hydrogen-bond donors (Lipinski definition) is 8. The molecular weight excluding hydrogens is 1480 g/mol. The molecule has 0 bridgehead atoms. The molecule has 0 spiro atoms. The number of esters is 2. The summed E-state index contributed by atoms with van der Waals surface area (Å²) in [5.74, 6) is -1.92. The van der Waals surface area contributed by atoms with E-state index in [-0.39, 0.29) is 157 Å². The van der Waals surface area contributed by atoms with Crippen molar-refractivity contribution >= 4 is 67.9 Å². The molecule has 0 aromatic heterocycles. The Bertz CT molecular complexity index is 2160. The van der Waals surface area contributed by atoms with Crippen LogP contribution in [0, 0.1) is 0 Å². The molecule has 22 nitrogen and oxygen atoms in total. The van der Waals surface area contributed by atoms with Crippen molar-refractivity contribution in [3.63, 3.8) is 0 Å². The van der Waals surface area contributed by atoms with Crippen molar-refractivity contribution in [1.29, 1.82) is 0 Å². The van der Waals surface area contributed by atoms with Gasteiger partial charge in [0.15, 0.2) is 0 Å². The van der Waals surface area contributed by atoms with Gasteiger partial charge in [-0.05, 0) is 63.2 Å². The number of ether oxygens (including phenoxy) is 2. The second-order valence-corrected chi connectivity index (χ2v) is 34.6. The Balaban J connectivity index is -0.00000954. The molecular formula is C83H164N6Na2O16P2S. The van der Waals surface area contributed by atoms with Gasteiger partial charge in [0.1, 0.15) is 12.2 Å². The van der Waals surface area contributed by atoms with E-state index in [1.807, 2.05) is 0 Å². The van der Waals surface area contributed by atoms with Crippen molar-refractivity contribution in [3.05, 3.63) is 0 Å². The minimum Gasteiger partial charge on any atom is -1.00 e. The smallest absolute Gasteiger partial charge is 1.00 e. The van der Waals surface area contributed by atoms with E-state index in [1.54, 1.807) is 0 Å². The Morgan fingerprint density at radius 2 is 0.600 bits per heavy atom. The maximum absolute atomic E-state index is 13.6. The van der Waals surface area contributed by atoms with Gasteiger partial charge in [-0.2, -0.15) is 0 Å². The number of unbranched alkanes of at least 4 members (excludes halogenated alkanes) is 44. The molecule has 6 atom stereocenters. The number of amides is 6. The molecule has 640 valence electrons. The fourth-order valence-electron chi connectivity index (χ4n) is 13.0. The van der Waals surface area contributed by atoms with Crippen molar-refractivity contribution in [1.82, 2.24) is 31.9 Å². The molecule has 8 N–H and O–H groups in total. The molecule has 0 saturated heterocycles. The molecule has 27 heteroatoms. The first-order chi connectivity index (χ1) is 52.3. The molecule has 0 aromatic carbocycles. The van der Waals surface area contributed by atoms with Gasteiger partial charge in [-0.3, -0.25) is 37.8 Å². The summed E-state index contributed by atoms with van der Waals surface area (Å²) in [6.07, 6.45) is 55.9. The second-order valence-electron chi connectivity index (χ2n) is 30.3. The third-order valence-corrected chi connectivity index (χ3v) is 22.2. The summed E-state index contributed by atoms with van der Waals surface area (Å²) in [7, 11) is -4.77. The fourth-order valence-corrected chi connectivity index (χ4v) is 14.9. The van der Waals surface area contributed by atoms with Crippen molar-refractivity contribution in [3.8, 4) is 0 Å². The summed E-state index contributed by atoms with van der Waals surface area (Å²) in [5, 5.41) is 16.6. The van der Waals surface area contributed by atoms with E-state index in [4.69, 9.17) is 39.4 Å². The van der Waals surface area contributed by atoms with Crippen molar-refractivity contribution in [2.24, 2.45) is 0 Å². The largest absolute Gasteiger partial charge is 1.00 e. The average molecular weight is 1640 g/mol. The van der Waals surface area contributed by atoms with Crippen molar-refractivity contribution < 1.29 is 137 Å². The SMILES string of the molecule is CCCCCCCCCCCCCC(=O)N[C@H](CNC(=O)C[C@@H](CCCCCCC)OC(=O)CCCCCCCCCCC)COP(=O)(O)OCCNC(=O)NCCOP(O)(=S)OC[C@@H](CNC(=O)C[C@@H](CCCCCCC)OC(=O)CCCCCCCCCCC)NC(=O)CCCCCCCCCCCCC.[H-].[H-].[Na+].[Na+]. The van der Waals surface area contributed by atoms with E-state index < -0.39 is 64.0 Å². The molecule has 0 aliphatic heterocycles. The first-order valence-corrected chi connectivity index (χ1v) is 48.2. The predicted molar refractivity (Wildman–Crippen MR) is 445 cm³/mol. The fraction of sp³-hybridized carbons (Fsp3) is 0.916. The zero-order valence-corrected chi connectivity index (χ0v) is 78.0. The normalized spacial score (nSPS) is 13.5.